The van der Waals surface area contributed by atoms with Gasteiger partial charge < -0.3 is 14.2 Å². The Morgan fingerprint density at radius 3 is 2.59 bits per heavy atom. The smallest absolute Gasteiger partial charge is 0.276 e. The second kappa shape index (κ2) is 10.5. The topological polar surface area (TPSA) is 85.9 Å². The van der Waals surface area contributed by atoms with Gasteiger partial charge in [0.25, 0.3) is 11.8 Å². The molecule has 0 spiro atoms. The molecule has 4 rings (SSSR count). The van der Waals surface area contributed by atoms with Crippen molar-refractivity contribution >= 4 is 38.5 Å². The van der Waals surface area contributed by atoms with Gasteiger partial charge >= 0.3 is 0 Å². The first-order valence-electron chi connectivity index (χ1n) is 10.3. The molecule has 1 unspecified atom stereocenters. The third-order valence-corrected chi connectivity index (χ3v) is 5.90. The maximum absolute atomic E-state index is 12.3. The number of carbonyl (C=O) groups is 2. The third kappa shape index (κ3) is 5.57. The lowest BCUT2D eigenvalue weighted by Gasteiger charge is -2.12. The Hall–Kier alpha value is -3.10. The van der Waals surface area contributed by atoms with Crippen molar-refractivity contribution in [3.05, 3.63) is 70.7 Å². The predicted molar refractivity (Wildman–Crippen MR) is 124 cm³/mol. The van der Waals surface area contributed by atoms with Crippen LogP contribution in [0.15, 0.2) is 65.1 Å². The fourth-order valence-electron chi connectivity index (χ4n) is 3.37. The first kappa shape index (κ1) is 22.1. The summed E-state index contributed by atoms with van der Waals surface area (Å²) in [6.07, 6.45) is 2.19. The van der Waals surface area contributed by atoms with Crippen LogP contribution in [-0.4, -0.2) is 37.7 Å². The van der Waals surface area contributed by atoms with Crippen molar-refractivity contribution in [3.8, 4) is 11.5 Å². The van der Waals surface area contributed by atoms with Crippen LogP contribution in [0.25, 0.3) is 10.8 Å². The van der Waals surface area contributed by atoms with E-state index in [9.17, 15) is 9.59 Å². The molecule has 2 N–H and O–H groups in total. The van der Waals surface area contributed by atoms with Crippen molar-refractivity contribution in [2.75, 3.05) is 19.8 Å². The van der Waals surface area contributed by atoms with Crippen LogP contribution in [0.2, 0.25) is 0 Å². The average molecular weight is 499 g/mol. The van der Waals surface area contributed by atoms with E-state index in [2.05, 4.69) is 26.8 Å². The van der Waals surface area contributed by atoms with Crippen LogP contribution in [0.3, 0.4) is 0 Å². The molecule has 1 heterocycles. The first-order chi connectivity index (χ1) is 15.6. The largest absolute Gasteiger partial charge is 0.491 e. The number of hydrogen-bond acceptors (Lipinski definition) is 5. The summed E-state index contributed by atoms with van der Waals surface area (Å²) in [6.45, 7) is 1.03. The van der Waals surface area contributed by atoms with Crippen LogP contribution in [-0.2, 0) is 9.53 Å². The molecular formula is C24H23BrN2O5. The van der Waals surface area contributed by atoms with E-state index in [1.807, 2.05) is 30.3 Å². The number of amides is 2. The lowest BCUT2D eigenvalue weighted by atomic mass is 10.1. The summed E-state index contributed by atoms with van der Waals surface area (Å²) in [6, 6.07) is 18.3. The number of ether oxygens (including phenoxy) is 3. The molecule has 166 valence electrons. The minimum Gasteiger partial charge on any atom is -0.491 e. The van der Waals surface area contributed by atoms with E-state index in [-0.39, 0.29) is 12.7 Å². The Bertz CT molecular complexity index is 1100. The fourth-order valence-corrected chi connectivity index (χ4v) is 3.98. The van der Waals surface area contributed by atoms with Gasteiger partial charge in [0, 0.05) is 12.2 Å². The van der Waals surface area contributed by atoms with Crippen molar-refractivity contribution in [2.24, 2.45) is 0 Å². The van der Waals surface area contributed by atoms with Crippen molar-refractivity contribution < 1.29 is 23.8 Å². The van der Waals surface area contributed by atoms with Crippen molar-refractivity contribution in [3.63, 3.8) is 0 Å². The summed E-state index contributed by atoms with van der Waals surface area (Å²) < 4.78 is 17.6. The fraction of sp³-hybridized carbons (Fsp3) is 0.250. The van der Waals surface area contributed by atoms with Gasteiger partial charge in [-0.3, -0.25) is 20.4 Å². The summed E-state index contributed by atoms with van der Waals surface area (Å²) in [5.74, 6) is 0.296. The molecule has 0 aromatic heterocycles. The third-order valence-electron chi connectivity index (χ3n) is 5.08. The highest BCUT2D eigenvalue weighted by atomic mass is 79.9. The predicted octanol–water partition coefficient (Wildman–Crippen LogP) is 4.00. The molecule has 0 aliphatic carbocycles. The van der Waals surface area contributed by atoms with Crippen LogP contribution < -0.4 is 20.3 Å². The van der Waals surface area contributed by atoms with Crippen LogP contribution >= 0.6 is 15.9 Å². The maximum Gasteiger partial charge on any atom is 0.276 e. The molecule has 0 saturated carbocycles. The normalized spacial score (nSPS) is 15.3. The summed E-state index contributed by atoms with van der Waals surface area (Å²) in [4.78, 5) is 24.4. The van der Waals surface area contributed by atoms with Gasteiger partial charge in [0.15, 0.2) is 6.61 Å². The number of hydrazine groups is 1. The summed E-state index contributed by atoms with van der Waals surface area (Å²) in [5.41, 5.74) is 5.14. The van der Waals surface area contributed by atoms with Gasteiger partial charge in [-0.05, 0) is 69.9 Å². The molecule has 2 amide bonds. The Morgan fingerprint density at radius 2 is 1.81 bits per heavy atom. The Morgan fingerprint density at radius 1 is 1.00 bits per heavy atom. The highest BCUT2D eigenvalue weighted by molar-refractivity contribution is 9.10. The van der Waals surface area contributed by atoms with E-state index in [0.29, 0.717) is 23.7 Å². The molecular weight excluding hydrogens is 476 g/mol. The quantitative estimate of drug-likeness (QED) is 0.480. The molecule has 3 aromatic carbocycles. The molecule has 1 aliphatic rings. The molecule has 7 nitrogen and oxygen atoms in total. The summed E-state index contributed by atoms with van der Waals surface area (Å²) >= 11 is 3.52. The number of nitrogens with one attached hydrogen (secondary N) is 2. The summed E-state index contributed by atoms with van der Waals surface area (Å²) in [7, 11) is 0. The van der Waals surface area contributed by atoms with Gasteiger partial charge in [0.2, 0.25) is 0 Å². The van der Waals surface area contributed by atoms with Crippen LogP contribution in [0.4, 0.5) is 0 Å². The number of benzene rings is 3. The molecule has 8 heteroatoms. The molecule has 1 fully saturated rings. The highest BCUT2D eigenvalue weighted by Gasteiger charge is 2.16. The van der Waals surface area contributed by atoms with Gasteiger partial charge in [-0.25, -0.2) is 0 Å². The van der Waals surface area contributed by atoms with Crippen LogP contribution in [0.5, 0.6) is 11.5 Å². The lowest BCUT2D eigenvalue weighted by Crippen LogP contribution is -2.43. The number of carbonyl (C=O) groups excluding carboxylic acids is 2. The maximum atomic E-state index is 12.3. The van der Waals surface area contributed by atoms with Gasteiger partial charge in [0.05, 0.1) is 10.6 Å². The van der Waals surface area contributed by atoms with E-state index in [0.717, 1.165) is 34.7 Å². The SMILES string of the molecule is O=C(COc1ccc2ccccc2c1Br)NNC(=O)c1ccc(OCC2CCCO2)cc1. The molecule has 0 radical (unpaired) electrons. The Balaban J connectivity index is 1.23. The van der Waals surface area contributed by atoms with Gasteiger partial charge in [-0.15, -0.1) is 0 Å². The van der Waals surface area contributed by atoms with Crippen LogP contribution in [0, 0.1) is 0 Å². The number of hydrogen-bond donors (Lipinski definition) is 2. The Labute approximate surface area is 194 Å². The zero-order chi connectivity index (χ0) is 22.3. The first-order valence-corrected chi connectivity index (χ1v) is 11.1. The number of fused-ring (bicyclic) bond motifs is 1. The Kier molecular flexibility index (Phi) is 7.24. The lowest BCUT2D eigenvalue weighted by molar-refractivity contribution is -0.123. The monoisotopic (exact) mass is 498 g/mol. The minimum atomic E-state index is -0.477. The zero-order valence-corrected chi connectivity index (χ0v) is 18.9. The average Bonchev–Trinajstić information content (AvgIpc) is 3.35. The van der Waals surface area contributed by atoms with Gasteiger partial charge in [0.1, 0.15) is 18.1 Å². The molecule has 1 aliphatic heterocycles. The number of rotatable bonds is 7. The van der Waals surface area contributed by atoms with E-state index in [1.54, 1.807) is 30.3 Å². The highest BCUT2D eigenvalue weighted by Crippen LogP contribution is 2.32. The van der Waals surface area contributed by atoms with Crippen molar-refractivity contribution in [2.45, 2.75) is 18.9 Å². The van der Waals surface area contributed by atoms with Crippen molar-refractivity contribution in [1.82, 2.24) is 10.9 Å². The molecule has 1 atom stereocenters. The van der Waals surface area contributed by atoms with E-state index < -0.39 is 11.8 Å². The standard InChI is InChI=1S/C24H23BrN2O5/c25-23-20-6-2-1-4-16(20)9-12-21(23)32-15-22(28)26-27-24(29)17-7-10-18(11-8-17)31-14-19-5-3-13-30-19/h1-2,4,6-12,19H,3,5,13-15H2,(H,26,28)(H,27,29). The molecule has 32 heavy (non-hydrogen) atoms. The summed E-state index contributed by atoms with van der Waals surface area (Å²) in [5, 5.41) is 2.05. The van der Waals surface area contributed by atoms with Gasteiger partial charge in [-0.2, -0.15) is 0 Å². The zero-order valence-electron chi connectivity index (χ0n) is 17.3. The second-order valence-corrected chi connectivity index (χ2v) is 8.15. The number of halogens is 1. The minimum absolute atomic E-state index is 0.130. The van der Waals surface area contributed by atoms with Crippen molar-refractivity contribution in [1.29, 1.82) is 0 Å². The van der Waals surface area contributed by atoms with E-state index >= 15 is 0 Å². The second-order valence-electron chi connectivity index (χ2n) is 7.36. The molecule has 3 aromatic rings. The molecule has 1 saturated heterocycles. The van der Waals surface area contributed by atoms with Crippen LogP contribution in [0.1, 0.15) is 23.2 Å². The van der Waals surface area contributed by atoms with E-state index in [4.69, 9.17) is 14.2 Å². The van der Waals surface area contributed by atoms with E-state index in [1.165, 1.54) is 0 Å². The molecule has 0 bridgehead atoms. The van der Waals surface area contributed by atoms with Gasteiger partial charge in [-0.1, -0.05) is 30.3 Å².